The highest BCUT2D eigenvalue weighted by molar-refractivity contribution is 5.18. The Hall–Kier alpha value is -1.76. The average Bonchev–Trinajstić information content (AvgIpc) is 2.34. The Bertz CT molecular complexity index is 385. The van der Waals surface area contributed by atoms with Gasteiger partial charge in [-0.15, -0.1) is 0 Å². The summed E-state index contributed by atoms with van der Waals surface area (Å²) in [5.74, 6) is 1.34. The lowest BCUT2D eigenvalue weighted by molar-refractivity contribution is 0.211. The van der Waals surface area contributed by atoms with Crippen molar-refractivity contribution >= 4 is 0 Å². The number of ether oxygens (including phenoxy) is 1. The molecule has 0 aliphatic carbocycles. The lowest BCUT2D eigenvalue weighted by atomic mass is 10.2. The first-order valence-electron chi connectivity index (χ1n) is 5.90. The molecule has 0 aliphatic heterocycles. The first kappa shape index (κ1) is 13.3. The molecule has 1 aromatic carbocycles. The summed E-state index contributed by atoms with van der Waals surface area (Å²) in [6, 6.07) is 10.1. The lowest BCUT2D eigenvalue weighted by Crippen LogP contribution is -1.91. The fraction of sp³-hybridized carbons (Fsp3) is 0.250. The van der Waals surface area contributed by atoms with E-state index in [2.05, 4.69) is 26.5 Å². The van der Waals surface area contributed by atoms with E-state index >= 15 is 0 Å². The molecule has 0 radical (unpaired) electrons. The lowest BCUT2D eigenvalue weighted by Gasteiger charge is -2.06. The Morgan fingerprint density at radius 1 is 1.29 bits per heavy atom. The molecule has 1 aromatic rings. The van der Waals surface area contributed by atoms with Crippen LogP contribution in [0.5, 0.6) is 0 Å². The summed E-state index contributed by atoms with van der Waals surface area (Å²) < 4.78 is 5.65. The first-order valence-corrected chi connectivity index (χ1v) is 5.90. The predicted molar refractivity (Wildman–Crippen MR) is 73.5 cm³/mol. The van der Waals surface area contributed by atoms with Crippen LogP contribution in [0.1, 0.15) is 19.4 Å². The summed E-state index contributed by atoms with van der Waals surface area (Å²) in [7, 11) is 0. The van der Waals surface area contributed by atoms with Crippen molar-refractivity contribution in [1.29, 1.82) is 0 Å². The molecule has 0 fully saturated rings. The van der Waals surface area contributed by atoms with E-state index in [1.165, 1.54) is 0 Å². The quantitative estimate of drug-likeness (QED) is 0.515. The van der Waals surface area contributed by atoms with E-state index in [4.69, 9.17) is 4.74 Å². The smallest absolute Gasteiger partial charge is 0.119 e. The molecule has 0 amide bonds. The summed E-state index contributed by atoms with van der Waals surface area (Å²) >= 11 is 0. The molecule has 17 heavy (non-hydrogen) atoms. The molecule has 0 saturated carbocycles. The third kappa shape index (κ3) is 5.76. The molecule has 0 atom stereocenters. The summed E-state index contributed by atoms with van der Waals surface area (Å²) in [6.45, 7) is 8.60. The maximum Gasteiger partial charge on any atom is 0.119 e. The van der Waals surface area contributed by atoms with E-state index in [1.54, 1.807) is 6.08 Å². The number of benzene rings is 1. The Morgan fingerprint density at radius 2 is 2.00 bits per heavy atom. The molecular formula is C16H20O. The van der Waals surface area contributed by atoms with Crippen molar-refractivity contribution in [3.63, 3.8) is 0 Å². The van der Waals surface area contributed by atoms with Gasteiger partial charge in [0, 0.05) is 0 Å². The van der Waals surface area contributed by atoms with Crippen LogP contribution in [0.25, 0.3) is 0 Å². The van der Waals surface area contributed by atoms with E-state index in [9.17, 15) is 0 Å². The number of rotatable bonds is 6. The zero-order valence-electron chi connectivity index (χ0n) is 10.6. The molecule has 0 aliphatic rings. The van der Waals surface area contributed by atoms with Gasteiger partial charge in [-0.2, -0.15) is 0 Å². The fourth-order valence-corrected chi connectivity index (χ4v) is 1.29. The SMILES string of the molecule is C=C/C(=C\C=C\C(C)C)OCc1ccccc1. The standard InChI is InChI=1S/C16H20O/c1-4-16(12-8-9-14(2)3)17-13-15-10-6-5-7-11-15/h4-12,14H,1,13H2,2-3H3/b9-8+,16-12+. The van der Waals surface area contributed by atoms with Crippen LogP contribution in [0.4, 0.5) is 0 Å². The summed E-state index contributed by atoms with van der Waals surface area (Å²) in [4.78, 5) is 0. The van der Waals surface area contributed by atoms with Crippen molar-refractivity contribution in [3.05, 3.63) is 72.5 Å². The minimum Gasteiger partial charge on any atom is -0.489 e. The fourth-order valence-electron chi connectivity index (χ4n) is 1.29. The molecule has 0 heterocycles. The largest absolute Gasteiger partial charge is 0.489 e. The van der Waals surface area contributed by atoms with Crippen molar-refractivity contribution in [2.75, 3.05) is 0 Å². The second kappa shape index (κ2) is 7.50. The molecule has 0 aromatic heterocycles. The van der Waals surface area contributed by atoms with Crippen LogP contribution in [-0.4, -0.2) is 0 Å². The molecular weight excluding hydrogens is 208 g/mol. The van der Waals surface area contributed by atoms with Crippen molar-refractivity contribution in [3.8, 4) is 0 Å². The van der Waals surface area contributed by atoms with Gasteiger partial charge in [0.2, 0.25) is 0 Å². The number of hydrogen-bond donors (Lipinski definition) is 0. The van der Waals surface area contributed by atoms with Crippen LogP contribution in [0.15, 0.2) is 67.0 Å². The minimum absolute atomic E-state index is 0.548. The van der Waals surface area contributed by atoms with Crippen LogP contribution in [0, 0.1) is 5.92 Å². The molecule has 0 unspecified atom stereocenters. The highest BCUT2D eigenvalue weighted by atomic mass is 16.5. The van der Waals surface area contributed by atoms with Crippen LogP contribution in [-0.2, 0) is 11.3 Å². The van der Waals surface area contributed by atoms with Gasteiger partial charge < -0.3 is 4.74 Å². The van der Waals surface area contributed by atoms with Crippen molar-refractivity contribution < 1.29 is 4.74 Å². The van der Waals surface area contributed by atoms with Crippen molar-refractivity contribution in [2.24, 2.45) is 5.92 Å². The van der Waals surface area contributed by atoms with Gasteiger partial charge in [0.05, 0.1) is 0 Å². The summed E-state index contributed by atoms with van der Waals surface area (Å²) in [5.41, 5.74) is 1.16. The maximum atomic E-state index is 5.65. The zero-order valence-corrected chi connectivity index (χ0v) is 10.6. The van der Waals surface area contributed by atoms with Crippen molar-refractivity contribution in [1.82, 2.24) is 0 Å². The minimum atomic E-state index is 0.548. The van der Waals surface area contributed by atoms with E-state index < -0.39 is 0 Å². The van der Waals surface area contributed by atoms with Crippen LogP contribution < -0.4 is 0 Å². The highest BCUT2D eigenvalue weighted by Gasteiger charge is 1.93. The number of hydrogen-bond acceptors (Lipinski definition) is 1. The molecule has 1 heteroatoms. The van der Waals surface area contributed by atoms with Crippen LogP contribution in [0.2, 0.25) is 0 Å². The van der Waals surface area contributed by atoms with Gasteiger partial charge in [-0.1, -0.05) is 62.9 Å². The third-order valence-corrected chi connectivity index (χ3v) is 2.21. The molecule has 1 nitrogen and oxygen atoms in total. The average molecular weight is 228 g/mol. The molecule has 0 bridgehead atoms. The van der Waals surface area contributed by atoms with Gasteiger partial charge in [0.25, 0.3) is 0 Å². The van der Waals surface area contributed by atoms with Gasteiger partial charge in [-0.3, -0.25) is 0 Å². The van der Waals surface area contributed by atoms with Gasteiger partial charge in [0.15, 0.2) is 0 Å². The van der Waals surface area contributed by atoms with E-state index in [0.717, 1.165) is 11.3 Å². The molecule has 0 spiro atoms. The van der Waals surface area contributed by atoms with Gasteiger partial charge in [-0.25, -0.2) is 0 Å². The zero-order chi connectivity index (χ0) is 12.5. The second-order valence-corrected chi connectivity index (χ2v) is 4.18. The van der Waals surface area contributed by atoms with Crippen molar-refractivity contribution in [2.45, 2.75) is 20.5 Å². The predicted octanol–water partition coefficient (Wildman–Crippen LogP) is 4.49. The van der Waals surface area contributed by atoms with Gasteiger partial charge in [0.1, 0.15) is 12.4 Å². The van der Waals surface area contributed by atoms with Crippen LogP contribution >= 0.6 is 0 Å². The molecule has 90 valence electrons. The summed E-state index contributed by atoms with van der Waals surface area (Å²) in [6.07, 6.45) is 7.80. The monoisotopic (exact) mass is 228 g/mol. The van der Waals surface area contributed by atoms with E-state index in [0.29, 0.717) is 12.5 Å². The number of allylic oxidation sites excluding steroid dienone is 4. The molecule has 1 rings (SSSR count). The maximum absolute atomic E-state index is 5.65. The molecule has 0 saturated heterocycles. The van der Waals surface area contributed by atoms with Gasteiger partial charge >= 0.3 is 0 Å². The van der Waals surface area contributed by atoms with Gasteiger partial charge in [-0.05, 0) is 23.6 Å². The van der Waals surface area contributed by atoms with Crippen LogP contribution in [0.3, 0.4) is 0 Å². The highest BCUT2D eigenvalue weighted by Crippen LogP contribution is 2.07. The Labute approximate surface area is 104 Å². The first-order chi connectivity index (χ1) is 8.22. The van der Waals surface area contributed by atoms with E-state index in [1.807, 2.05) is 42.5 Å². The van der Waals surface area contributed by atoms with E-state index in [-0.39, 0.29) is 0 Å². The summed E-state index contributed by atoms with van der Waals surface area (Å²) in [5, 5.41) is 0. The Balaban J connectivity index is 2.50. The second-order valence-electron chi connectivity index (χ2n) is 4.18. The topological polar surface area (TPSA) is 9.23 Å². The molecule has 0 N–H and O–H groups in total. The normalized spacial score (nSPS) is 12.1. The Morgan fingerprint density at radius 3 is 2.59 bits per heavy atom. The third-order valence-electron chi connectivity index (χ3n) is 2.21. The Kier molecular flexibility index (Phi) is 5.87.